The molecule has 1 heterocycles. The maximum Gasteiger partial charge on any atom is 0.425 e. The van der Waals surface area contributed by atoms with Crippen molar-refractivity contribution in [2.45, 2.75) is 0 Å². The van der Waals surface area contributed by atoms with Crippen LogP contribution in [0.4, 0.5) is 0 Å². The Kier molecular flexibility index (Phi) is 2.27. The number of carbonyl (C=O) groups excluding carboxylic acids is 2. The monoisotopic (exact) mass is 151 g/mol. The molecule has 55 valence electrons. The van der Waals surface area contributed by atoms with Gasteiger partial charge in [-0.2, -0.15) is 0 Å². The first kappa shape index (κ1) is 7.33. The van der Waals surface area contributed by atoms with E-state index in [0.29, 0.717) is 0 Å². The van der Waals surface area contributed by atoms with Crippen LogP contribution in [0.5, 0.6) is 0 Å². The Hall–Kier alpha value is -1.78. The van der Waals surface area contributed by atoms with Gasteiger partial charge in [0.2, 0.25) is 0 Å². The summed E-state index contributed by atoms with van der Waals surface area (Å²) in [4.78, 5) is 27.4. The molecule has 0 spiro atoms. The van der Waals surface area contributed by atoms with Gasteiger partial charge in [-0.25, -0.2) is 14.6 Å². The molecule has 1 radical (unpaired) electrons. The van der Waals surface area contributed by atoms with E-state index in [-0.39, 0.29) is 5.69 Å². The van der Waals surface area contributed by atoms with Gasteiger partial charge < -0.3 is 4.74 Å². The molecule has 1 rings (SSSR count). The minimum atomic E-state index is -0.854. The number of hydrogen-bond acceptors (Lipinski definition) is 5. The number of nitrogens with zero attached hydrogens (tertiary/aromatic N) is 2. The van der Waals surface area contributed by atoms with Crippen molar-refractivity contribution in [1.29, 1.82) is 0 Å². The van der Waals surface area contributed by atoms with Crippen molar-refractivity contribution >= 4 is 12.4 Å². The van der Waals surface area contributed by atoms with Crippen LogP contribution in [-0.4, -0.2) is 22.4 Å². The van der Waals surface area contributed by atoms with Crippen molar-refractivity contribution in [2.75, 3.05) is 0 Å². The molecule has 0 aliphatic heterocycles. The van der Waals surface area contributed by atoms with Gasteiger partial charge >= 0.3 is 12.4 Å². The quantitative estimate of drug-likeness (QED) is 0.428. The predicted octanol–water partition coefficient (Wildman–Crippen LogP) is -0.299. The first-order chi connectivity index (χ1) is 5.34. The smallest absolute Gasteiger partial charge is 0.380 e. The third-order valence-electron chi connectivity index (χ3n) is 0.907. The van der Waals surface area contributed by atoms with E-state index in [0.717, 1.165) is 6.47 Å². The summed E-state index contributed by atoms with van der Waals surface area (Å²) >= 11 is 0. The molecule has 1 aromatic rings. The van der Waals surface area contributed by atoms with Crippen LogP contribution in [0.3, 0.4) is 0 Å². The lowest BCUT2D eigenvalue weighted by molar-refractivity contribution is 0.0703. The van der Waals surface area contributed by atoms with Gasteiger partial charge in [0.25, 0.3) is 0 Å². The van der Waals surface area contributed by atoms with Gasteiger partial charge in [-0.1, -0.05) is 0 Å². The van der Waals surface area contributed by atoms with Gasteiger partial charge in [0.1, 0.15) is 0 Å². The lowest BCUT2D eigenvalue weighted by Gasteiger charge is -1.91. The Morgan fingerprint density at radius 3 is 2.91 bits per heavy atom. The fraction of sp³-hybridized carbons (Fsp3) is 0. The van der Waals surface area contributed by atoms with Gasteiger partial charge in [0.05, 0.1) is 6.20 Å². The van der Waals surface area contributed by atoms with E-state index in [1.54, 1.807) is 0 Å². The largest absolute Gasteiger partial charge is 0.425 e. The Bertz CT molecular complexity index is 260. The molecule has 0 bridgehead atoms. The summed E-state index contributed by atoms with van der Waals surface area (Å²) < 4.78 is 3.88. The SMILES string of the molecule is O=[C]OC(=O)c1cnccn1. The van der Waals surface area contributed by atoms with E-state index >= 15 is 0 Å². The fourth-order valence-corrected chi connectivity index (χ4v) is 0.495. The van der Waals surface area contributed by atoms with Crippen LogP contribution in [0.1, 0.15) is 10.5 Å². The van der Waals surface area contributed by atoms with Crippen LogP contribution in [0.2, 0.25) is 0 Å². The molecule has 0 amide bonds. The highest BCUT2D eigenvalue weighted by molar-refractivity contribution is 5.90. The second-order valence-corrected chi connectivity index (χ2v) is 1.56. The molecule has 0 atom stereocenters. The van der Waals surface area contributed by atoms with Crippen LogP contribution >= 0.6 is 0 Å². The van der Waals surface area contributed by atoms with E-state index < -0.39 is 5.97 Å². The number of aromatic nitrogens is 2. The van der Waals surface area contributed by atoms with Gasteiger partial charge in [-0.3, -0.25) is 4.98 Å². The Labute approximate surface area is 62.0 Å². The van der Waals surface area contributed by atoms with Gasteiger partial charge in [-0.15, -0.1) is 0 Å². The van der Waals surface area contributed by atoms with Crippen molar-refractivity contribution in [2.24, 2.45) is 0 Å². The zero-order valence-corrected chi connectivity index (χ0v) is 5.35. The fourth-order valence-electron chi connectivity index (χ4n) is 0.495. The van der Waals surface area contributed by atoms with Gasteiger partial charge in [0.15, 0.2) is 5.69 Å². The standard InChI is InChI=1S/C6H3N2O3/c9-4-11-6(10)5-3-7-1-2-8-5/h1-3H. The van der Waals surface area contributed by atoms with Crippen molar-refractivity contribution in [3.63, 3.8) is 0 Å². The number of hydrogen-bond donors (Lipinski definition) is 0. The molecule has 0 aliphatic carbocycles. The Balaban J connectivity index is 2.77. The van der Waals surface area contributed by atoms with E-state index in [1.165, 1.54) is 18.6 Å². The number of carbonyl (C=O) groups is 1. The van der Waals surface area contributed by atoms with E-state index in [2.05, 4.69) is 14.7 Å². The van der Waals surface area contributed by atoms with Crippen LogP contribution in [0.25, 0.3) is 0 Å². The minimum Gasteiger partial charge on any atom is -0.380 e. The molecule has 5 heteroatoms. The average molecular weight is 151 g/mol. The summed E-state index contributed by atoms with van der Waals surface area (Å²) in [5.41, 5.74) is -0.0177. The topological polar surface area (TPSA) is 69.2 Å². The summed E-state index contributed by atoms with van der Waals surface area (Å²) in [6.45, 7) is 0.999. The van der Waals surface area contributed by atoms with Crippen LogP contribution in [0, 0.1) is 0 Å². The first-order valence-corrected chi connectivity index (χ1v) is 2.69. The van der Waals surface area contributed by atoms with Crippen molar-refractivity contribution < 1.29 is 14.3 Å². The molecule has 0 fully saturated rings. The minimum absolute atomic E-state index is 0.0177. The number of ether oxygens (including phenoxy) is 1. The molecular formula is C6H3N2O3. The van der Waals surface area contributed by atoms with Crippen LogP contribution in [0.15, 0.2) is 18.6 Å². The number of esters is 1. The second kappa shape index (κ2) is 3.40. The molecule has 0 saturated heterocycles. The average Bonchev–Trinajstić information content (AvgIpc) is 2.07. The summed E-state index contributed by atoms with van der Waals surface area (Å²) in [5.74, 6) is -0.854. The highest BCUT2D eigenvalue weighted by atomic mass is 16.6. The zero-order valence-electron chi connectivity index (χ0n) is 5.35. The van der Waals surface area contributed by atoms with Crippen molar-refractivity contribution in [3.8, 4) is 0 Å². The highest BCUT2D eigenvalue weighted by Crippen LogP contribution is 1.91. The zero-order chi connectivity index (χ0) is 8.10. The lowest BCUT2D eigenvalue weighted by atomic mass is 10.5. The molecule has 11 heavy (non-hydrogen) atoms. The molecule has 0 aromatic carbocycles. The summed E-state index contributed by atoms with van der Waals surface area (Å²) in [6.07, 6.45) is 3.92. The molecule has 0 aliphatic rings. The third kappa shape index (κ3) is 1.82. The maximum absolute atomic E-state index is 10.7. The van der Waals surface area contributed by atoms with Gasteiger partial charge in [-0.05, 0) is 0 Å². The van der Waals surface area contributed by atoms with E-state index in [4.69, 9.17) is 0 Å². The molecule has 0 unspecified atom stereocenters. The van der Waals surface area contributed by atoms with E-state index in [1.807, 2.05) is 0 Å². The Morgan fingerprint density at radius 1 is 1.55 bits per heavy atom. The van der Waals surface area contributed by atoms with E-state index in [9.17, 15) is 9.59 Å². The van der Waals surface area contributed by atoms with Crippen LogP contribution < -0.4 is 0 Å². The molecular weight excluding hydrogens is 148 g/mol. The predicted molar refractivity (Wildman–Crippen MR) is 33.1 cm³/mol. The summed E-state index contributed by atoms with van der Waals surface area (Å²) in [6, 6.07) is 0. The molecule has 1 aromatic heterocycles. The molecule has 0 N–H and O–H groups in total. The summed E-state index contributed by atoms with van der Waals surface area (Å²) in [5, 5.41) is 0. The molecule has 0 saturated carbocycles. The number of rotatable bonds is 2. The van der Waals surface area contributed by atoms with Crippen LogP contribution in [-0.2, 0) is 9.53 Å². The normalized spacial score (nSPS) is 8.73. The molecule has 5 nitrogen and oxygen atoms in total. The third-order valence-corrected chi connectivity index (χ3v) is 0.907. The first-order valence-electron chi connectivity index (χ1n) is 2.69. The maximum atomic E-state index is 10.7. The van der Waals surface area contributed by atoms with Crippen molar-refractivity contribution in [1.82, 2.24) is 9.97 Å². The highest BCUT2D eigenvalue weighted by Gasteiger charge is 2.07. The van der Waals surface area contributed by atoms with Crippen molar-refractivity contribution in [3.05, 3.63) is 24.3 Å². The summed E-state index contributed by atoms with van der Waals surface area (Å²) in [7, 11) is 0. The Morgan fingerprint density at radius 2 is 2.36 bits per heavy atom. The van der Waals surface area contributed by atoms with Gasteiger partial charge in [0, 0.05) is 12.4 Å². The second-order valence-electron chi connectivity index (χ2n) is 1.56. The lowest BCUT2D eigenvalue weighted by Crippen LogP contribution is -2.05.